The highest BCUT2D eigenvalue weighted by molar-refractivity contribution is 7.90. The van der Waals surface area contributed by atoms with Crippen molar-refractivity contribution >= 4 is 15.8 Å². The van der Waals surface area contributed by atoms with Gasteiger partial charge >= 0.3 is 5.97 Å². The lowest BCUT2D eigenvalue weighted by Crippen LogP contribution is -2.01. The molecule has 0 unspecified atom stereocenters. The number of aromatic nitrogens is 2. The van der Waals surface area contributed by atoms with E-state index in [4.69, 9.17) is 5.11 Å². The van der Waals surface area contributed by atoms with E-state index in [-0.39, 0.29) is 16.5 Å². The topological polar surface area (TPSA) is 100 Å². The highest BCUT2D eigenvalue weighted by atomic mass is 32.2. The molecule has 0 atom stereocenters. The first-order valence-corrected chi connectivity index (χ1v) is 6.87. The zero-order valence-corrected chi connectivity index (χ0v) is 10.2. The van der Waals surface area contributed by atoms with Gasteiger partial charge in [-0.2, -0.15) is 0 Å². The van der Waals surface area contributed by atoms with Gasteiger partial charge in [-0.15, -0.1) is 0 Å². The van der Waals surface area contributed by atoms with E-state index < -0.39 is 15.8 Å². The van der Waals surface area contributed by atoms with Crippen LogP contribution in [0.2, 0.25) is 0 Å². The fourth-order valence-corrected chi connectivity index (χ4v) is 2.03. The van der Waals surface area contributed by atoms with Gasteiger partial charge in [0.25, 0.3) is 0 Å². The summed E-state index contributed by atoms with van der Waals surface area (Å²) in [6.45, 7) is 0. The maximum atomic E-state index is 11.4. The molecule has 1 aromatic carbocycles. The smallest absolute Gasteiger partial charge is 0.354 e. The Labute approximate surface area is 103 Å². The van der Waals surface area contributed by atoms with E-state index in [2.05, 4.69) is 9.97 Å². The van der Waals surface area contributed by atoms with Crippen LogP contribution in [0.3, 0.4) is 0 Å². The third-order valence-electron chi connectivity index (χ3n) is 2.29. The van der Waals surface area contributed by atoms with Crippen LogP contribution in [-0.2, 0) is 9.84 Å². The number of sulfone groups is 1. The molecule has 0 saturated carbocycles. The Morgan fingerprint density at radius 2 is 1.89 bits per heavy atom. The summed E-state index contributed by atoms with van der Waals surface area (Å²) in [5.74, 6) is -1.25. The molecule has 94 valence electrons. The van der Waals surface area contributed by atoms with Crippen molar-refractivity contribution in [2.24, 2.45) is 0 Å². The summed E-state index contributed by atoms with van der Waals surface area (Å²) in [6.07, 6.45) is 0.965. The van der Waals surface area contributed by atoms with Crippen LogP contribution in [0, 0.1) is 0 Å². The predicted molar refractivity (Wildman–Crippen MR) is 64.1 cm³/mol. The van der Waals surface area contributed by atoms with Crippen molar-refractivity contribution in [3.8, 4) is 11.3 Å². The third kappa shape index (κ3) is 2.25. The van der Waals surface area contributed by atoms with Crippen LogP contribution < -0.4 is 0 Å². The van der Waals surface area contributed by atoms with E-state index in [0.717, 1.165) is 6.26 Å². The Bertz CT molecular complexity index is 689. The number of carboxylic acids is 1. The van der Waals surface area contributed by atoms with Crippen molar-refractivity contribution in [3.63, 3.8) is 0 Å². The molecule has 1 heterocycles. The monoisotopic (exact) mass is 266 g/mol. The van der Waals surface area contributed by atoms with Crippen molar-refractivity contribution in [2.75, 3.05) is 6.26 Å². The molecule has 18 heavy (non-hydrogen) atoms. The van der Waals surface area contributed by atoms with Crippen LogP contribution in [0.5, 0.6) is 0 Å². The lowest BCUT2D eigenvalue weighted by atomic mass is 10.1. The molecular weight excluding hydrogens is 256 g/mol. The number of nitrogens with zero attached hydrogens (tertiary/aromatic N) is 1. The van der Waals surface area contributed by atoms with E-state index in [9.17, 15) is 13.2 Å². The van der Waals surface area contributed by atoms with Gasteiger partial charge in [0, 0.05) is 11.8 Å². The van der Waals surface area contributed by atoms with Crippen LogP contribution in [-0.4, -0.2) is 35.7 Å². The van der Waals surface area contributed by atoms with Gasteiger partial charge in [0.15, 0.2) is 5.69 Å². The minimum absolute atomic E-state index is 0.114. The lowest BCUT2D eigenvalue weighted by molar-refractivity contribution is 0.0691. The normalized spacial score (nSPS) is 11.4. The third-order valence-corrected chi connectivity index (χ3v) is 3.19. The molecule has 1 aromatic heterocycles. The van der Waals surface area contributed by atoms with E-state index in [1.165, 1.54) is 0 Å². The number of imidazole rings is 1. The number of benzene rings is 1. The van der Waals surface area contributed by atoms with Crippen molar-refractivity contribution in [1.82, 2.24) is 9.97 Å². The minimum atomic E-state index is -3.58. The van der Waals surface area contributed by atoms with Gasteiger partial charge in [0.05, 0.1) is 0 Å². The second kappa shape index (κ2) is 4.26. The van der Waals surface area contributed by atoms with E-state index in [1.54, 1.807) is 30.3 Å². The maximum absolute atomic E-state index is 11.4. The van der Waals surface area contributed by atoms with E-state index in [1.807, 2.05) is 0 Å². The first-order valence-electron chi connectivity index (χ1n) is 4.98. The summed E-state index contributed by atoms with van der Waals surface area (Å²) in [5, 5.41) is 8.69. The standard InChI is InChI=1S/C11H10N2O4S/c1-18(16,17)11-12-8(9(13-11)10(14)15)7-5-3-2-4-6-7/h2-6H,1H3,(H,12,13)(H,14,15). The fourth-order valence-electron chi connectivity index (χ4n) is 1.49. The number of hydrogen-bond acceptors (Lipinski definition) is 4. The number of aromatic amines is 1. The summed E-state index contributed by atoms with van der Waals surface area (Å²) < 4.78 is 22.7. The zero-order chi connectivity index (χ0) is 13.3. The van der Waals surface area contributed by atoms with Crippen LogP contribution in [0.1, 0.15) is 10.5 Å². The van der Waals surface area contributed by atoms with Crippen LogP contribution >= 0.6 is 0 Å². The first kappa shape index (κ1) is 12.3. The number of carbonyl (C=O) groups is 1. The average molecular weight is 266 g/mol. The summed E-state index contributed by atoms with van der Waals surface area (Å²) in [5.41, 5.74) is 0.422. The minimum Gasteiger partial charge on any atom is -0.477 e. The zero-order valence-electron chi connectivity index (χ0n) is 9.41. The van der Waals surface area contributed by atoms with Crippen LogP contribution in [0.15, 0.2) is 35.5 Å². The number of nitrogens with one attached hydrogen (secondary N) is 1. The quantitative estimate of drug-likeness (QED) is 0.868. The molecule has 2 aromatic rings. The van der Waals surface area contributed by atoms with Crippen molar-refractivity contribution in [2.45, 2.75) is 5.16 Å². The molecule has 0 bridgehead atoms. The molecule has 6 nitrogen and oxygen atoms in total. The highest BCUT2D eigenvalue weighted by Gasteiger charge is 2.22. The lowest BCUT2D eigenvalue weighted by Gasteiger charge is -1.97. The van der Waals surface area contributed by atoms with Gasteiger partial charge in [0.2, 0.25) is 15.0 Å². The molecular formula is C11H10N2O4S. The molecule has 0 spiro atoms. The molecule has 0 saturated heterocycles. The summed E-state index contributed by atoms with van der Waals surface area (Å²) in [4.78, 5) is 17.2. The van der Waals surface area contributed by atoms with Crippen molar-refractivity contribution in [1.29, 1.82) is 0 Å². The van der Waals surface area contributed by atoms with Gasteiger partial charge in [-0.1, -0.05) is 30.3 Å². The number of carboxylic acid groups (broad SMARTS) is 1. The number of H-pyrrole nitrogens is 1. The van der Waals surface area contributed by atoms with E-state index >= 15 is 0 Å². The molecule has 0 aliphatic heterocycles. The van der Waals surface area contributed by atoms with Crippen molar-refractivity contribution < 1.29 is 18.3 Å². The number of hydrogen-bond donors (Lipinski definition) is 2. The summed E-state index contributed by atoms with van der Waals surface area (Å²) in [7, 11) is -3.58. The van der Waals surface area contributed by atoms with Crippen molar-refractivity contribution in [3.05, 3.63) is 36.0 Å². The highest BCUT2D eigenvalue weighted by Crippen LogP contribution is 2.22. The molecule has 0 aliphatic rings. The average Bonchev–Trinajstić information content (AvgIpc) is 2.74. The number of aromatic carboxylic acids is 1. The molecule has 0 amide bonds. The van der Waals surface area contributed by atoms with Crippen LogP contribution in [0.25, 0.3) is 11.3 Å². The molecule has 7 heteroatoms. The molecule has 2 N–H and O–H groups in total. The Morgan fingerprint density at radius 3 is 2.39 bits per heavy atom. The Kier molecular flexibility index (Phi) is 2.92. The molecule has 0 aliphatic carbocycles. The first-order chi connectivity index (χ1) is 8.39. The molecule has 2 rings (SSSR count). The van der Waals surface area contributed by atoms with Gasteiger partial charge < -0.3 is 10.1 Å². The Hall–Kier alpha value is -2.15. The summed E-state index contributed by atoms with van der Waals surface area (Å²) >= 11 is 0. The Balaban J connectivity index is 2.67. The fraction of sp³-hybridized carbons (Fsp3) is 0.0909. The van der Waals surface area contributed by atoms with Gasteiger partial charge in [0.1, 0.15) is 5.69 Å². The maximum Gasteiger partial charge on any atom is 0.354 e. The molecule has 0 radical (unpaired) electrons. The second-order valence-electron chi connectivity index (χ2n) is 3.71. The molecule has 0 fully saturated rings. The summed E-state index contributed by atoms with van der Waals surface area (Å²) in [6, 6.07) is 8.53. The van der Waals surface area contributed by atoms with Crippen LogP contribution in [0.4, 0.5) is 0 Å². The van der Waals surface area contributed by atoms with E-state index in [0.29, 0.717) is 5.56 Å². The van der Waals surface area contributed by atoms with Gasteiger partial charge in [-0.25, -0.2) is 18.2 Å². The largest absolute Gasteiger partial charge is 0.477 e. The SMILES string of the molecule is CS(=O)(=O)c1nc(-c2ccccc2)c(C(=O)O)[nH]1. The van der Waals surface area contributed by atoms with Gasteiger partial charge in [-0.3, -0.25) is 0 Å². The predicted octanol–water partition coefficient (Wildman–Crippen LogP) is 1.18. The Morgan fingerprint density at radius 1 is 1.28 bits per heavy atom. The second-order valence-corrected chi connectivity index (χ2v) is 5.64. The van der Waals surface area contributed by atoms with Gasteiger partial charge in [-0.05, 0) is 0 Å². The number of rotatable bonds is 3.